The van der Waals surface area contributed by atoms with Crippen molar-refractivity contribution in [1.82, 2.24) is 5.16 Å². The molecule has 0 amide bonds. The van der Waals surface area contributed by atoms with Gasteiger partial charge in [-0.15, -0.1) is 11.3 Å². The van der Waals surface area contributed by atoms with Crippen LogP contribution in [0.5, 0.6) is 0 Å². The SMILES string of the molecule is Cc1sc(C)c(S(=O)(=O)Nc2cccc(C#N)c2)c1-c1cc(C(F)(F)F)on1. The van der Waals surface area contributed by atoms with Crippen LogP contribution in [0.4, 0.5) is 18.9 Å². The van der Waals surface area contributed by atoms with Crippen molar-refractivity contribution in [2.75, 3.05) is 4.72 Å². The van der Waals surface area contributed by atoms with Crippen LogP contribution in [0.3, 0.4) is 0 Å². The van der Waals surface area contributed by atoms with Gasteiger partial charge in [-0.3, -0.25) is 4.72 Å². The van der Waals surface area contributed by atoms with E-state index in [2.05, 4.69) is 14.4 Å². The number of hydrogen-bond donors (Lipinski definition) is 1. The Morgan fingerprint density at radius 1 is 1.21 bits per heavy atom. The lowest BCUT2D eigenvalue weighted by Crippen LogP contribution is -2.14. The molecule has 3 aromatic rings. The second kappa shape index (κ2) is 6.96. The molecule has 2 aromatic heterocycles. The largest absolute Gasteiger partial charge is 0.452 e. The number of sulfonamides is 1. The maximum atomic E-state index is 13.0. The van der Waals surface area contributed by atoms with Crippen molar-refractivity contribution in [3.8, 4) is 17.3 Å². The number of thiophene rings is 1. The molecule has 1 aromatic carbocycles. The summed E-state index contributed by atoms with van der Waals surface area (Å²) in [5.41, 5.74) is 0.236. The number of halogens is 3. The topological polar surface area (TPSA) is 96.0 Å². The van der Waals surface area contributed by atoms with E-state index in [0.717, 1.165) is 11.3 Å². The molecule has 0 aliphatic rings. The molecule has 0 radical (unpaired) electrons. The van der Waals surface area contributed by atoms with E-state index < -0.39 is 22.0 Å². The fourth-order valence-corrected chi connectivity index (χ4v) is 5.59. The zero-order valence-electron chi connectivity index (χ0n) is 14.5. The van der Waals surface area contributed by atoms with Crippen molar-refractivity contribution in [2.45, 2.75) is 24.9 Å². The summed E-state index contributed by atoms with van der Waals surface area (Å²) in [5, 5.41) is 12.4. The van der Waals surface area contributed by atoms with Gasteiger partial charge >= 0.3 is 6.18 Å². The van der Waals surface area contributed by atoms with Crippen molar-refractivity contribution in [3.05, 3.63) is 51.4 Å². The van der Waals surface area contributed by atoms with Crippen LogP contribution in [0.25, 0.3) is 11.3 Å². The van der Waals surface area contributed by atoms with Gasteiger partial charge in [0.1, 0.15) is 10.6 Å². The predicted molar refractivity (Wildman–Crippen MR) is 96.3 cm³/mol. The van der Waals surface area contributed by atoms with Crippen LogP contribution in [-0.4, -0.2) is 13.6 Å². The van der Waals surface area contributed by atoms with E-state index in [0.29, 0.717) is 15.8 Å². The Labute approximate surface area is 162 Å². The minimum absolute atomic E-state index is 0.0469. The van der Waals surface area contributed by atoms with Crippen LogP contribution in [0, 0.1) is 25.2 Å². The molecule has 2 heterocycles. The Morgan fingerprint density at radius 2 is 1.93 bits per heavy atom. The highest BCUT2D eigenvalue weighted by molar-refractivity contribution is 7.93. The predicted octanol–water partition coefficient (Wildman–Crippen LogP) is 4.71. The number of benzene rings is 1. The van der Waals surface area contributed by atoms with Gasteiger partial charge in [-0.05, 0) is 32.0 Å². The fourth-order valence-electron chi connectivity index (χ4n) is 2.67. The van der Waals surface area contributed by atoms with E-state index in [1.807, 2.05) is 6.07 Å². The van der Waals surface area contributed by atoms with Crippen LogP contribution >= 0.6 is 11.3 Å². The van der Waals surface area contributed by atoms with Gasteiger partial charge in [0, 0.05) is 21.4 Å². The molecular formula is C17H12F3N3O3S2. The van der Waals surface area contributed by atoms with Gasteiger partial charge in [-0.2, -0.15) is 18.4 Å². The normalized spacial score (nSPS) is 12.0. The number of rotatable bonds is 4. The molecule has 0 aliphatic heterocycles. The average molecular weight is 427 g/mol. The van der Waals surface area contributed by atoms with E-state index in [4.69, 9.17) is 5.26 Å². The standard InChI is InChI=1S/C17H12F3N3O3S2/c1-9-15(13-7-14(26-22-13)17(18,19)20)16(10(2)27-9)28(24,25)23-12-5-3-4-11(6-12)8-21/h3-7,23H,1-2H3. The van der Waals surface area contributed by atoms with Crippen LogP contribution in [0.1, 0.15) is 21.1 Å². The molecule has 0 atom stereocenters. The van der Waals surface area contributed by atoms with Crippen LogP contribution < -0.4 is 4.72 Å². The van der Waals surface area contributed by atoms with Crippen molar-refractivity contribution in [1.29, 1.82) is 5.26 Å². The van der Waals surface area contributed by atoms with Crippen molar-refractivity contribution < 1.29 is 26.1 Å². The fraction of sp³-hybridized carbons (Fsp3) is 0.176. The van der Waals surface area contributed by atoms with E-state index in [9.17, 15) is 21.6 Å². The average Bonchev–Trinajstić information content (AvgIpc) is 3.18. The molecule has 0 unspecified atom stereocenters. The number of hydrogen-bond acceptors (Lipinski definition) is 6. The highest BCUT2D eigenvalue weighted by Gasteiger charge is 2.37. The zero-order chi connectivity index (χ0) is 20.7. The first-order chi connectivity index (χ1) is 13.0. The van der Waals surface area contributed by atoms with Gasteiger partial charge in [-0.25, -0.2) is 8.42 Å². The van der Waals surface area contributed by atoms with E-state index >= 15 is 0 Å². The molecule has 0 fully saturated rings. The molecule has 146 valence electrons. The molecule has 28 heavy (non-hydrogen) atoms. The first-order valence-electron chi connectivity index (χ1n) is 7.70. The highest BCUT2D eigenvalue weighted by Crippen LogP contribution is 2.41. The van der Waals surface area contributed by atoms with Gasteiger partial charge in [0.15, 0.2) is 0 Å². The Morgan fingerprint density at radius 3 is 2.54 bits per heavy atom. The first kappa shape index (κ1) is 19.9. The quantitative estimate of drug-likeness (QED) is 0.650. The molecular weight excluding hydrogens is 415 g/mol. The molecule has 0 spiro atoms. The lowest BCUT2D eigenvalue weighted by molar-refractivity contribution is -0.155. The number of alkyl halides is 3. The van der Waals surface area contributed by atoms with Crippen molar-refractivity contribution in [3.63, 3.8) is 0 Å². The van der Waals surface area contributed by atoms with Gasteiger partial charge in [0.25, 0.3) is 10.0 Å². The van der Waals surface area contributed by atoms with Crippen molar-refractivity contribution in [2.24, 2.45) is 0 Å². The Hall–Kier alpha value is -2.84. The molecule has 1 N–H and O–H groups in total. The van der Waals surface area contributed by atoms with Gasteiger partial charge in [0.2, 0.25) is 5.76 Å². The van der Waals surface area contributed by atoms with E-state index in [-0.39, 0.29) is 27.4 Å². The highest BCUT2D eigenvalue weighted by atomic mass is 32.2. The lowest BCUT2D eigenvalue weighted by Gasteiger charge is -2.10. The summed E-state index contributed by atoms with van der Waals surface area (Å²) >= 11 is 1.12. The third-order valence-electron chi connectivity index (χ3n) is 3.76. The Bertz CT molecular complexity index is 1190. The smallest absolute Gasteiger partial charge is 0.351 e. The summed E-state index contributed by atoms with van der Waals surface area (Å²) in [4.78, 5) is 0.679. The van der Waals surface area contributed by atoms with E-state index in [1.165, 1.54) is 24.3 Å². The summed E-state index contributed by atoms with van der Waals surface area (Å²) < 4.78 is 71.1. The summed E-state index contributed by atoms with van der Waals surface area (Å²) in [6, 6.07) is 8.41. The van der Waals surface area contributed by atoms with E-state index in [1.54, 1.807) is 13.8 Å². The maximum absolute atomic E-state index is 13.0. The second-order valence-electron chi connectivity index (χ2n) is 5.79. The number of nitrogens with one attached hydrogen (secondary N) is 1. The number of anilines is 1. The minimum Gasteiger partial charge on any atom is -0.351 e. The van der Waals surface area contributed by atoms with Crippen LogP contribution in [0.15, 0.2) is 39.8 Å². The Balaban J connectivity index is 2.09. The third-order valence-corrected chi connectivity index (χ3v) is 6.47. The summed E-state index contributed by atoms with van der Waals surface area (Å²) in [6.45, 7) is 3.14. The molecule has 3 rings (SSSR count). The van der Waals surface area contributed by atoms with Crippen LogP contribution in [0.2, 0.25) is 0 Å². The maximum Gasteiger partial charge on any atom is 0.452 e. The molecule has 0 aliphatic carbocycles. The lowest BCUT2D eigenvalue weighted by atomic mass is 10.1. The van der Waals surface area contributed by atoms with Gasteiger partial charge in [0.05, 0.1) is 17.3 Å². The molecule has 0 saturated heterocycles. The monoisotopic (exact) mass is 427 g/mol. The number of nitrogens with zero attached hydrogens (tertiary/aromatic N) is 2. The number of nitriles is 1. The minimum atomic E-state index is -4.74. The van der Waals surface area contributed by atoms with Gasteiger partial charge in [-0.1, -0.05) is 11.2 Å². The molecule has 0 saturated carbocycles. The van der Waals surface area contributed by atoms with Crippen molar-refractivity contribution >= 4 is 27.0 Å². The molecule has 6 nitrogen and oxygen atoms in total. The Kier molecular flexibility index (Phi) is 4.95. The number of aryl methyl sites for hydroxylation is 2. The number of aromatic nitrogens is 1. The first-order valence-corrected chi connectivity index (χ1v) is 10.00. The summed E-state index contributed by atoms with van der Waals surface area (Å²) in [7, 11) is -4.17. The molecule has 11 heteroatoms. The molecule has 0 bridgehead atoms. The van der Waals surface area contributed by atoms with Gasteiger partial charge < -0.3 is 4.52 Å². The van der Waals surface area contributed by atoms with Crippen LogP contribution in [-0.2, 0) is 16.2 Å². The second-order valence-corrected chi connectivity index (χ2v) is 8.84. The summed E-state index contributed by atoms with van der Waals surface area (Å²) in [6.07, 6.45) is -4.74. The third kappa shape index (κ3) is 3.74. The summed E-state index contributed by atoms with van der Waals surface area (Å²) in [5.74, 6) is -1.32. The zero-order valence-corrected chi connectivity index (χ0v) is 16.1.